The number of benzene rings is 2. The Bertz CT molecular complexity index is 807. The van der Waals surface area contributed by atoms with Crippen molar-refractivity contribution in [3.8, 4) is 0 Å². The molecular formula is C16H15Cl2NO3S. The number of nitrogens with one attached hydrogen (secondary N) is 1. The van der Waals surface area contributed by atoms with Crippen molar-refractivity contribution in [3.63, 3.8) is 0 Å². The summed E-state index contributed by atoms with van der Waals surface area (Å²) >= 11 is 11.8. The average Bonchev–Trinajstić information content (AvgIpc) is 2.50. The van der Waals surface area contributed by atoms with Crippen LogP contribution in [0.15, 0.2) is 48.5 Å². The summed E-state index contributed by atoms with van der Waals surface area (Å²) in [4.78, 5) is 12.1. The van der Waals surface area contributed by atoms with Gasteiger partial charge in [-0.2, -0.15) is 0 Å². The third kappa shape index (κ3) is 4.70. The van der Waals surface area contributed by atoms with Crippen molar-refractivity contribution >= 4 is 44.6 Å². The van der Waals surface area contributed by atoms with Crippen LogP contribution in [-0.4, -0.2) is 19.6 Å². The Morgan fingerprint density at radius 3 is 2.39 bits per heavy atom. The lowest BCUT2D eigenvalue weighted by Crippen LogP contribution is -2.33. The SMILES string of the molecule is C[C@@H](C(=O)Nc1ccccc1)S(=O)(=O)Cc1ccc(Cl)cc1Cl. The zero-order chi connectivity index (χ0) is 17.0. The molecule has 2 rings (SSSR count). The Morgan fingerprint density at radius 1 is 1.13 bits per heavy atom. The van der Waals surface area contributed by atoms with E-state index < -0.39 is 21.0 Å². The molecule has 0 saturated heterocycles. The molecule has 1 N–H and O–H groups in total. The molecule has 0 saturated carbocycles. The molecule has 0 aliphatic rings. The summed E-state index contributed by atoms with van der Waals surface area (Å²) in [7, 11) is -3.71. The molecule has 0 heterocycles. The predicted octanol–water partition coefficient (Wildman–Crippen LogP) is 3.94. The van der Waals surface area contributed by atoms with E-state index in [0.717, 1.165) is 0 Å². The molecule has 2 aromatic rings. The van der Waals surface area contributed by atoms with Crippen LogP contribution in [0.3, 0.4) is 0 Å². The minimum absolute atomic E-state index is 0.261. The highest BCUT2D eigenvalue weighted by Crippen LogP contribution is 2.24. The molecule has 1 amide bonds. The van der Waals surface area contributed by atoms with Gasteiger partial charge in [0.1, 0.15) is 5.25 Å². The summed E-state index contributed by atoms with van der Waals surface area (Å²) < 4.78 is 24.8. The van der Waals surface area contributed by atoms with Gasteiger partial charge in [-0.05, 0) is 36.8 Å². The van der Waals surface area contributed by atoms with Crippen LogP contribution in [0.4, 0.5) is 5.69 Å². The first-order chi connectivity index (χ1) is 10.8. The van der Waals surface area contributed by atoms with Gasteiger partial charge in [0.2, 0.25) is 5.91 Å². The maximum absolute atomic E-state index is 12.4. The van der Waals surface area contributed by atoms with E-state index in [1.807, 2.05) is 0 Å². The second-order valence-corrected chi connectivity index (χ2v) is 8.21. The van der Waals surface area contributed by atoms with Gasteiger partial charge >= 0.3 is 0 Å². The number of rotatable bonds is 5. The van der Waals surface area contributed by atoms with Crippen LogP contribution in [0.5, 0.6) is 0 Å². The van der Waals surface area contributed by atoms with Crippen molar-refractivity contribution < 1.29 is 13.2 Å². The lowest BCUT2D eigenvalue weighted by atomic mass is 10.2. The number of halogens is 2. The monoisotopic (exact) mass is 371 g/mol. The molecule has 0 radical (unpaired) electrons. The van der Waals surface area contributed by atoms with E-state index in [0.29, 0.717) is 16.3 Å². The van der Waals surface area contributed by atoms with E-state index in [1.54, 1.807) is 42.5 Å². The normalized spacial score (nSPS) is 12.7. The van der Waals surface area contributed by atoms with Gasteiger partial charge < -0.3 is 5.32 Å². The maximum Gasteiger partial charge on any atom is 0.242 e. The number of hydrogen-bond donors (Lipinski definition) is 1. The Labute approximate surface area is 145 Å². The molecule has 4 nitrogen and oxygen atoms in total. The topological polar surface area (TPSA) is 63.2 Å². The largest absolute Gasteiger partial charge is 0.325 e. The molecule has 0 fully saturated rings. The van der Waals surface area contributed by atoms with Crippen LogP contribution in [0, 0.1) is 0 Å². The fraction of sp³-hybridized carbons (Fsp3) is 0.188. The molecule has 1 atom stereocenters. The van der Waals surface area contributed by atoms with Gasteiger partial charge in [0.25, 0.3) is 0 Å². The molecule has 0 aliphatic heterocycles. The zero-order valence-corrected chi connectivity index (χ0v) is 14.6. The molecule has 0 aliphatic carbocycles. The van der Waals surface area contributed by atoms with Crippen molar-refractivity contribution in [2.75, 3.05) is 5.32 Å². The van der Waals surface area contributed by atoms with Crippen LogP contribution in [0.25, 0.3) is 0 Å². The summed E-state index contributed by atoms with van der Waals surface area (Å²) in [5.74, 6) is -0.909. The molecule has 0 spiro atoms. The fourth-order valence-electron chi connectivity index (χ4n) is 1.91. The van der Waals surface area contributed by atoms with Crippen LogP contribution >= 0.6 is 23.2 Å². The molecule has 122 valence electrons. The van der Waals surface area contributed by atoms with Crippen molar-refractivity contribution in [3.05, 3.63) is 64.1 Å². The minimum Gasteiger partial charge on any atom is -0.325 e. The Balaban J connectivity index is 2.13. The first kappa shape index (κ1) is 17.8. The number of para-hydroxylation sites is 1. The van der Waals surface area contributed by atoms with E-state index >= 15 is 0 Å². The third-order valence-corrected chi connectivity index (χ3v) is 5.91. The summed E-state index contributed by atoms with van der Waals surface area (Å²) in [6, 6.07) is 13.3. The van der Waals surface area contributed by atoms with Gasteiger partial charge in [0, 0.05) is 15.7 Å². The summed E-state index contributed by atoms with van der Waals surface area (Å²) in [5.41, 5.74) is 0.958. The van der Waals surface area contributed by atoms with Gasteiger partial charge in [-0.25, -0.2) is 8.42 Å². The Hall–Kier alpha value is -1.56. The standard InChI is InChI=1S/C16H15Cl2NO3S/c1-11(16(20)19-14-5-3-2-4-6-14)23(21,22)10-12-7-8-13(17)9-15(12)18/h2-9,11H,10H2,1H3,(H,19,20)/t11-/m0/s1. The Kier molecular flexibility index (Phi) is 5.68. The average molecular weight is 372 g/mol. The van der Waals surface area contributed by atoms with Crippen molar-refractivity contribution in [2.24, 2.45) is 0 Å². The van der Waals surface area contributed by atoms with Gasteiger partial charge in [0.05, 0.1) is 5.75 Å². The number of carbonyl (C=O) groups is 1. The number of anilines is 1. The zero-order valence-electron chi connectivity index (χ0n) is 12.3. The lowest BCUT2D eigenvalue weighted by Gasteiger charge is -2.14. The summed E-state index contributed by atoms with van der Waals surface area (Å²) in [5, 5.41) is 2.07. The fourth-order valence-corrected chi connectivity index (χ4v) is 3.78. The first-order valence-corrected chi connectivity index (χ1v) is 9.28. The highest BCUT2D eigenvalue weighted by Gasteiger charge is 2.29. The van der Waals surface area contributed by atoms with Gasteiger partial charge in [-0.3, -0.25) is 4.79 Å². The van der Waals surface area contributed by atoms with E-state index in [9.17, 15) is 13.2 Å². The van der Waals surface area contributed by atoms with Crippen molar-refractivity contribution in [1.82, 2.24) is 0 Å². The smallest absolute Gasteiger partial charge is 0.242 e. The predicted molar refractivity (Wildman–Crippen MR) is 93.6 cm³/mol. The van der Waals surface area contributed by atoms with Crippen LogP contribution in [-0.2, 0) is 20.4 Å². The molecule has 23 heavy (non-hydrogen) atoms. The van der Waals surface area contributed by atoms with Gasteiger partial charge in [0.15, 0.2) is 9.84 Å². The van der Waals surface area contributed by atoms with Crippen molar-refractivity contribution in [1.29, 1.82) is 0 Å². The number of carbonyl (C=O) groups excluding carboxylic acids is 1. The van der Waals surface area contributed by atoms with E-state index in [2.05, 4.69) is 5.32 Å². The quantitative estimate of drug-likeness (QED) is 0.865. The molecular weight excluding hydrogens is 357 g/mol. The highest BCUT2D eigenvalue weighted by molar-refractivity contribution is 7.92. The minimum atomic E-state index is -3.71. The van der Waals surface area contributed by atoms with Gasteiger partial charge in [-0.1, -0.05) is 47.5 Å². The molecule has 7 heteroatoms. The van der Waals surface area contributed by atoms with Crippen LogP contribution < -0.4 is 5.32 Å². The van der Waals surface area contributed by atoms with Crippen LogP contribution in [0.2, 0.25) is 10.0 Å². The number of hydrogen-bond acceptors (Lipinski definition) is 3. The lowest BCUT2D eigenvalue weighted by molar-refractivity contribution is -0.115. The maximum atomic E-state index is 12.4. The molecule has 2 aromatic carbocycles. The number of sulfone groups is 1. The summed E-state index contributed by atoms with van der Waals surface area (Å²) in [6.45, 7) is 1.36. The molecule has 0 aromatic heterocycles. The Morgan fingerprint density at radius 2 is 1.78 bits per heavy atom. The van der Waals surface area contributed by atoms with Crippen molar-refractivity contribution in [2.45, 2.75) is 17.9 Å². The first-order valence-electron chi connectivity index (χ1n) is 6.81. The third-order valence-electron chi connectivity index (χ3n) is 3.32. The second-order valence-electron chi connectivity index (χ2n) is 5.04. The molecule has 0 unspecified atom stereocenters. The van der Waals surface area contributed by atoms with E-state index in [-0.39, 0.29) is 10.8 Å². The second kappa shape index (κ2) is 7.34. The summed E-state index contributed by atoms with van der Waals surface area (Å²) in [6.07, 6.45) is 0. The van der Waals surface area contributed by atoms with E-state index in [1.165, 1.54) is 13.0 Å². The van der Waals surface area contributed by atoms with E-state index in [4.69, 9.17) is 23.2 Å². The highest BCUT2D eigenvalue weighted by atomic mass is 35.5. The van der Waals surface area contributed by atoms with Crippen LogP contribution in [0.1, 0.15) is 12.5 Å². The number of amides is 1. The molecule has 0 bridgehead atoms. The van der Waals surface area contributed by atoms with Gasteiger partial charge in [-0.15, -0.1) is 0 Å².